The SMILES string of the molecule is CCc1cc(Br)ccc1NCc1cc(C(=O)O)no1. The summed E-state index contributed by atoms with van der Waals surface area (Å²) in [5, 5.41) is 15.4. The molecule has 0 aliphatic carbocycles. The lowest BCUT2D eigenvalue weighted by molar-refractivity contribution is 0.0685. The van der Waals surface area contributed by atoms with Crippen molar-refractivity contribution in [1.29, 1.82) is 0 Å². The van der Waals surface area contributed by atoms with E-state index < -0.39 is 5.97 Å². The van der Waals surface area contributed by atoms with Gasteiger partial charge in [0.15, 0.2) is 11.5 Å². The molecule has 0 saturated carbocycles. The van der Waals surface area contributed by atoms with Crippen LogP contribution in [0.5, 0.6) is 0 Å². The second kappa shape index (κ2) is 5.88. The zero-order valence-corrected chi connectivity index (χ0v) is 11.9. The molecule has 0 amide bonds. The Morgan fingerprint density at radius 1 is 1.47 bits per heavy atom. The number of aromatic nitrogens is 1. The zero-order valence-electron chi connectivity index (χ0n) is 10.3. The summed E-state index contributed by atoms with van der Waals surface area (Å²) in [7, 11) is 0. The van der Waals surface area contributed by atoms with E-state index in [-0.39, 0.29) is 5.69 Å². The molecule has 0 atom stereocenters. The quantitative estimate of drug-likeness (QED) is 0.882. The largest absolute Gasteiger partial charge is 0.476 e. The number of carboxylic acids is 1. The van der Waals surface area contributed by atoms with Gasteiger partial charge in [0.1, 0.15) is 0 Å². The van der Waals surface area contributed by atoms with E-state index in [4.69, 9.17) is 9.63 Å². The second-order valence-corrected chi connectivity index (χ2v) is 4.91. The fourth-order valence-electron chi connectivity index (χ4n) is 1.71. The Labute approximate surface area is 118 Å². The van der Waals surface area contributed by atoms with Gasteiger partial charge in [-0.15, -0.1) is 0 Å². The maximum atomic E-state index is 10.7. The number of aromatic carboxylic acids is 1. The minimum Gasteiger partial charge on any atom is -0.476 e. The van der Waals surface area contributed by atoms with Crippen molar-refractivity contribution in [2.24, 2.45) is 0 Å². The first-order valence-electron chi connectivity index (χ1n) is 5.81. The van der Waals surface area contributed by atoms with Gasteiger partial charge >= 0.3 is 5.97 Å². The van der Waals surface area contributed by atoms with Crippen molar-refractivity contribution in [2.75, 3.05) is 5.32 Å². The summed E-state index contributed by atoms with van der Waals surface area (Å²) < 4.78 is 5.97. The van der Waals surface area contributed by atoms with Crippen molar-refractivity contribution in [3.63, 3.8) is 0 Å². The van der Waals surface area contributed by atoms with Gasteiger partial charge in [-0.2, -0.15) is 0 Å². The molecule has 5 nitrogen and oxygen atoms in total. The standard InChI is InChI=1S/C13H13BrN2O3/c1-2-8-5-9(14)3-4-11(8)15-7-10-6-12(13(17)18)16-19-10/h3-6,15H,2,7H2,1H3,(H,17,18). The van der Waals surface area contributed by atoms with Gasteiger partial charge < -0.3 is 14.9 Å². The lowest BCUT2D eigenvalue weighted by Gasteiger charge is -2.09. The van der Waals surface area contributed by atoms with Crippen LogP contribution in [0.3, 0.4) is 0 Å². The van der Waals surface area contributed by atoms with Gasteiger partial charge in [0.2, 0.25) is 0 Å². The Balaban J connectivity index is 2.07. The maximum absolute atomic E-state index is 10.7. The van der Waals surface area contributed by atoms with E-state index in [2.05, 4.69) is 33.3 Å². The topological polar surface area (TPSA) is 75.4 Å². The van der Waals surface area contributed by atoms with Crippen LogP contribution in [0.1, 0.15) is 28.7 Å². The number of benzene rings is 1. The molecule has 1 aromatic carbocycles. The molecule has 1 heterocycles. The zero-order chi connectivity index (χ0) is 13.8. The molecule has 0 fully saturated rings. The van der Waals surface area contributed by atoms with Crippen LogP contribution in [0.2, 0.25) is 0 Å². The Hall–Kier alpha value is -1.82. The van der Waals surface area contributed by atoms with E-state index in [1.54, 1.807) is 0 Å². The summed E-state index contributed by atoms with van der Waals surface area (Å²) in [5.41, 5.74) is 2.09. The lowest BCUT2D eigenvalue weighted by atomic mass is 10.1. The summed E-state index contributed by atoms with van der Waals surface area (Å²) in [6.07, 6.45) is 0.901. The minimum absolute atomic E-state index is 0.0803. The highest BCUT2D eigenvalue weighted by molar-refractivity contribution is 9.10. The van der Waals surface area contributed by atoms with Gasteiger partial charge in [-0.1, -0.05) is 28.0 Å². The number of hydrogen-bond acceptors (Lipinski definition) is 4. The number of carbonyl (C=O) groups is 1. The number of halogens is 1. The third-order valence-electron chi connectivity index (χ3n) is 2.68. The molecule has 6 heteroatoms. The summed E-state index contributed by atoms with van der Waals surface area (Å²) in [5.74, 6) is -0.602. The van der Waals surface area contributed by atoms with Crippen molar-refractivity contribution in [2.45, 2.75) is 19.9 Å². The van der Waals surface area contributed by atoms with E-state index >= 15 is 0 Å². The molecule has 0 aliphatic heterocycles. The van der Waals surface area contributed by atoms with Crippen LogP contribution < -0.4 is 5.32 Å². The van der Waals surface area contributed by atoms with E-state index in [1.807, 2.05) is 18.2 Å². The molecule has 0 bridgehead atoms. The Bertz CT molecular complexity index is 595. The number of hydrogen-bond donors (Lipinski definition) is 2. The number of anilines is 1. The smallest absolute Gasteiger partial charge is 0.358 e. The predicted molar refractivity (Wildman–Crippen MR) is 74.3 cm³/mol. The van der Waals surface area contributed by atoms with Crippen LogP contribution in [-0.2, 0) is 13.0 Å². The van der Waals surface area contributed by atoms with Crippen molar-refractivity contribution >= 4 is 27.6 Å². The third kappa shape index (κ3) is 3.35. The first-order chi connectivity index (χ1) is 9.10. The predicted octanol–water partition coefficient (Wildman–Crippen LogP) is 3.31. The molecular formula is C13H13BrN2O3. The molecule has 2 N–H and O–H groups in total. The van der Waals surface area contributed by atoms with Crippen LogP contribution in [0.4, 0.5) is 5.69 Å². The van der Waals surface area contributed by atoms with Crippen LogP contribution >= 0.6 is 15.9 Å². The number of aryl methyl sites for hydroxylation is 1. The Kier molecular flexibility index (Phi) is 4.21. The molecule has 1 aromatic heterocycles. The molecule has 2 rings (SSSR count). The number of nitrogens with one attached hydrogen (secondary N) is 1. The van der Waals surface area contributed by atoms with Crippen LogP contribution in [0.25, 0.3) is 0 Å². The van der Waals surface area contributed by atoms with Crippen LogP contribution in [0.15, 0.2) is 33.3 Å². The fourth-order valence-corrected chi connectivity index (χ4v) is 2.12. The summed E-state index contributed by atoms with van der Waals surface area (Å²) >= 11 is 3.43. The molecule has 19 heavy (non-hydrogen) atoms. The van der Waals surface area contributed by atoms with Crippen LogP contribution in [0, 0.1) is 0 Å². The van der Waals surface area contributed by atoms with E-state index in [0.29, 0.717) is 12.3 Å². The van der Waals surface area contributed by atoms with E-state index in [1.165, 1.54) is 11.6 Å². The molecule has 100 valence electrons. The lowest BCUT2D eigenvalue weighted by Crippen LogP contribution is -2.01. The molecule has 0 saturated heterocycles. The summed E-state index contributed by atoms with van der Waals surface area (Å²) in [6, 6.07) is 7.38. The molecule has 0 aliphatic rings. The Morgan fingerprint density at radius 3 is 2.89 bits per heavy atom. The van der Waals surface area contributed by atoms with Crippen molar-refractivity contribution in [1.82, 2.24) is 5.16 Å². The molecule has 2 aromatic rings. The van der Waals surface area contributed by atoms with Crippen molar-refractivity contribution < 1.29 is 14.4 Å². The number of nitrogens with zero attached hydrogens (tertiary/aromatic N) is 1. The van der Waals surface area contributed by atoms with Gasteiger partial charge in [-0.05, 0) is 30.2 Å². The molecular weight excluding hydrogens is 312 g/mol. The average molecular weight is 325 g/mol. The summed E-state index contributed by atoms with van der Waals surface area (Å²) in [6.45, 7) is 2.47. The second-order valence-electron chi connectivity index (χ2n) is 3.99. The number of carboxylic acid groups (broad SMARTS) is 1. The Morgan fingerprint density at radius 2 is 2.26 bits per heavy atom. The van der Waals surface area contributed by atoms with Gasteiger partial charge in [0.25, 0.3) is 0 Å². The van der Waals surface area contributed by atoms with Crippen molar-refractivity contribution in [3.05, 3.63) is 45.8 Å². The van der Waals surface area contributed by atoms with E-state index in [0.717, 1.165) is 16.6 Å². The van der Waals surface area contributed by atoms with Gasteiger partial charge in [-0.25, -0.2) is 4.79 Å². The van der Waals surface area contributed by atoms with Gasteiger partial charge in [0, 0.05) is 16.2 Å². The first kappa shape index (κ1) is 13.6. The highest BCUT2D eigenvalue weighted by Gasteiger charge is 2.10. The highest BCUT2D eigenvalue weighted by atomic mass is 79.9. The monoisotopic (exact) mass is 324 g/mol. The summed E-state index contributed by atoms with van der Waals surface area (Å²) in [4.78, 5) is 10.7. The normalized spacial score (nSPS) is 10.4. The maximum Gasteiger partial charge on any atom is 0.358 e. The third-order valence-corrected chi connectivity index (χ3v) is 3.17. The first-order valence-corrected chi connectivity index (χ1v) is 6.60. The molecule has 0 unspecified atom stereocenters. The molecule has 0 radical (unpaired) electrons. The van der Waals surface area contributed by atoms with E-state index in [9.17, 15) is 4.79 Å². The van der Waals surface area contributed by atoms with Gasteiger partial charge in [-0.3, -0.25) is 0 Å². The minimum atomic E-state index is -1.09. The van der Waals surface area contributed by atoms with Gasteiger partial charge in [0.05, 0.1) is 6.54 Å². The number of rotatable bonds is 5. The highest BCUT2D eigenvalue weighted by Crippen LogP contribution is 2.22. The molecule has 0 spiro atoms. The van der Waals surface area contributed by atoms with Crippen LogP contribution in [-0.4, -0.2) is 16.2 Å². The van der Waals surface area contributed by atoms with Crippen molar-refractivity contribution in [3.8, 4) is 0 Å². The average Bonchev–Trinajstić information content (AvgIpc) is 2.86. The fraction of sp³-hybridized carbons (Fsp3) is 0.231.